The van der Waals surface area contributed by atoms with E-state index in [0.29, 0.717) is 60.8 Å². The van der Waals surface area contributed by atoms with Crippen molar-refractivity contribution in [3.63, 3.8) is 0 Å². The first kappa shape index (κ1) is 48.7. The maximum Gasteiger partial charge on any atom is 0.200 e. The number of hydrogen-bond acceptors (Lipinski definition) is 16. The van der Waals surface area contributed by atoms with Crippen molar-refractivity contribution >= 4 is 0 Å². The van der Waals surface area contributed by atoms with Crippen LogP contribution in [0.15, 0.2) is 48.5 Å². The maximum atomic E-state index is 10.5. The molecule has 0 fully saturated rings. The van der Waals surface area contributed by atoms with Gasteiger partial charge in [-0.15, -0.1) is 0 Å². The molecule has 0 spiro atoms. The number of phenols is 12. The molecular weight excluding hydrogens is 784 g/mol. The van der Waals surface area contributed by atoms with Crippen LogP contribution in [0, 0.1) is 23.7 Å². The van der Waals surface area contributed by atoms with Crippen molar-refractivity contribution in [3.8, 4) is 69.0 Å². The average molecular weight is 845 g/mol. The SMILES string of the molecule is C[C@@H](O)CC[C@@H](Cc1cc(O)c(O)c(O)c1)[C@H](Cc1cc(O)c(O)c(O)c1)[C@@H](C)O.C[C@@H](O)CC[C@H](Cc1cc(O)c(O)c(O)c1)[C@@H](Cc1cc(O)c(O)c(O)c1)[C@@H](C)O. The molecular formula is C44H60O16. The van der Waals surface area contributed by atoms with E-state index in [1.54, 1.807) is 27.7 Å². The fourth-order valence-electron chi connectivity index (χ4n) is 7.57. The van der Waals surface area contributed by atoms with Gasteiger partial charge in [-0.2, -0.15) is 0 Å². The van der Waals surface area contributed by atoms with E-state index in [0.717, 1.165) is 0 Å². The quantitative estimate of drug-likeness (QED) is 0.0589. The fraction of sp³-hybridized carbons (Fsp3) is 0.455. The van der Waals surface area contributed by atoms with Crippen molar-refractivity contribution in [1.82, 2.24) is 0 Å². The Labute approximate surface area is 348 Å². The first-order chi connectivity index (χ1) is 28.0. The maximum absolute atomic E-state index is 10.5. The molecule has 0 aliphatic rings. The summed E-state index contributed by atoms with van der Waals surface area (Å²) in [6.07, 6.45) is 0.432. The van der Waals surface area contributed by atoms with Gasteiger partial charge < -0.3 is 81.7 Å². The molecule has 0 aromatic heterocycles. The predicted molar refractivity (Wildman–Crippen MR) is 220 cm³/mol. The Balaban J connectivity index is 0.000000320. The Morgan fingerprint density at radius 2 is 0.517 bits per heavy atom. The minimum Gasteiger partial charge on any atom is -0.504 e. The van der Waals surface area contributed by atoms with Crippen molar-refractivity contribution in [2.75, 3.05) is 0 Å². The van der Waals surface area contributed by atoms with Crippen LogP contribution in [0.25, 0.3) is 0 Å². The van der Waals surface area contributed by atoms with E-state index in [1.165, 1.54) is 48.5 Å². The second-order valence-electron chi connectivity index (χ2n) is 15.9. The summed E-state index contributed by atoms with van der Waals surface area (Å²) in [5.74, 6) is -7.32. The Morgan fingerprint density at radius 3 is 0.700 bits per heavy atom. The molecule has 0 radical (unpaired) electrons. The Hall–Kier alpha value is -5.68. The van der Waals surface area contributed by atoms with Crippen LogP contribution in [0.1, 0.15) is 75.6 Å². The van der Waals surface area contributed by atoms with E-state index in [4.69, 9.17) is 0 Å². The number of aromatic hydroxyl groups is 12. The van der Waals surface area contributed by atoms with Crippen LogP contribution in [-0.2, 0) is 25.7 Å². The van der Waals surface area contributed by atoms with Crippen molar-refractivity contribution in [2.24, 2.45) is 23.7 Å². The molecule has 0 saturated carbocycles. The number of aliphatic hydroxyl groups is 4. The number of benzene rings is 4. The van der Waals surface area contributed by atoms with Gasteiger partial charge in [0.25, 0.3) is 0 Å². The van der Waals surface area contributed by atoms with E-state index in [-0.39, 0.29) is 36.5 Å². The zero-order chi connectivity index (χ0) is 45.2. The summed E-state index contributed by atoms with van der Waals surface area (Å²) in [6, 6.07) is 10.6. The van der Waals surface area contributed by atoms with Crippen LogP contribution in [0.4, 0.5) is 0 Å². The van der Waals surface area contributed by atoms with Gasteiger partial charge in [0.1, 0.15) is 0 Å². The molecule has 0 aliphatic carbocycles. The van der Waals surface area contributed by atoms with Crippen molar-refractivity contribution in [2.45, 2.75) is 103 Å². The van der Waals surface area contributed by atoms with Gasteiger partial charge in [-0.1, -0.05) is 0 Å². The fourth-order valence-corrected chi connectivity index (χ4v) is 7.57. The Morgan fingerprint density at radius 1 is 0.317 bits per heavy atom. The van der Waals surface area contributed by atoms with Crippen LogP contribution in [-0.4, -0.2) is 106 Å². The number of aliphatic hydroxyl groups excluding tert-OH is 4. The van der Waals surface area contributed by atoms with E-state index >= 15 is 0 Å². The molecule has 0 aliphatic heterocycles. The van der Waals surface area contributed by atoms with Gasteiger partial charge in [0, 0.05) is 0 Å². The summed E-state index contributed by atoms with van der Waals surface area (Å²) in [5, 5.41) is 157. The molecule has 16 N–H and O–H groups in total. The highest BCUT2D eigenvalue weighted by atomic mass is 16.3. The van der Waals surface area contributed by atoms with Gasteiger partial charge in [-0.3, -0.25) is 0 Å². The molecule has 4 aromatic rings. The molecule has 0 saturated heterocycles. The molecule has 0 bridgehead atoms. The summed E-state index contributed by atoms with van der Waals surface area (Å²) < 4.78 is 0. The van der Waals surface area contributed by atoms with Gasteiger partial charge >= 0.3 is 0 Å². The van der Waals surface area contributed by atoms with Gasteiger partial charge in [-0.25, -0.2) is 0 Å². The molecule has 16 nitrogen and oxygen atoms in total. The van der Waals surface area contributed by atoms with E-state index in [1.807, 2.05) is 0 Å². The summed E-state index contributed by atoms with van der Waals surface area (Å²) in [4.78, 5) is 0. The molecule has 60 heavy (non-hydrogen) atoms. The molecule has 0 amide bonds. The average Bonchev–Trinajstić information content (AvgIpc) is 3.15. The third kappa shape index (κ3) is 13.7. The molecule has 332 valence electrons. The molecule has 16 heteroatoms. The normalized spacial score (nSPS) is 15.5. The van der Waals surface area contributed by atoms with E-state index in [2.05, 4.69) is 0 Å². The predicted octanol–water partition coefficient (Wildman–Crippen LogP) is 4.96. The van der Waals surface area contributed by atoms with Gasteiger partial charge in [0.05, 0.1) is 24.4 Å². The highest BCUT2D eigenvalue weighted by Crippen LogP contribution is 2.42. The monoisotopic (exact) mass is 844 g/mol. The van der Waals surface area contributed by atoms with E-state index < -0.39 is 93.4 Å². The lowest BCUT2D eigenvalue weighted by atomic mass is 9.77. The van der Waals surface area contributed by atoms with Crippen LogP contribution in [0.2, 0.25) is 0 Å². The smallest absolute Gasteiger partial charge is 0.200 e. The zero-order valence-electron chi connectivity index (χ0n) is 34.0. The van der Waals surface area contributed by atoms with Crippen molar-refractivity contribution in [1.29, 1.82) is 0 Å². The summed E-state index contributed by atoms with van der Waals surface area (Å²) in [7, 11) is 0. The minimum absolute atomic E-state index is 0.207. The Bertz CT molecular complexity index is 1780. The topological polar surface area (TPSA) is 324 Å². The van der Waals surface area contributed by atoms with Gasteiger partial charge in [0.15, 0.2) is 69.0 Å². The largest absolute Gasteiger partial charge is 0.504 e. The minimum atomic E-state index is -0.790. The lowest BCUT2D eigenvalue weighted by Crippen LogP contribution is -2.30. The van der Waals surface area contributed by atoms with Crippen LogP contribution < -0.4 is 0 Å². The van der Waals surface area contributed by atoms with Crippen molar-refractivity contribution in [3.05, 3.63) is 70.8 Å². The van der Waals surface area contributed by atoms with Gasteiger partial charge in [-0.05, 0) is 174 Å². The third-order valence-corrected chi connectivity index (χ3v) is 10.8. The first-order valence-electron chi connectivity index (χ1n) is 19.7. The molecule has 4 rings (SSSR count). The molecule has 8 atom stereocenters. The number of phenolic OH excluding ortho intramolecular Hbond substituents is 12. The first-order valence-corrected chi connectivity index (χ1v) is 19.7. The summed E-state index contributed by atoms with van der Waals surface area (Å²) in [6.45, 7) is 6.54. The summed E-state index contributed by atoms with van der Waals surface area (Å²) in [5.41, 5.74) is 2.10. The zero-order valence-corrected chi connectivity index (χ0v) is 34.0. The van der Waals surface area contributed by atoms with E-state index in [9.17, 15) is 81.7 Å². The van der Waals surface area contributed by atoms with Gasteiger partial charge in [0.2, 0.25) is 0 Å². The lowest BCUT2D eigenvalue weighted by molar-refractivity contribution is 0.0750. The van der Waals surface area contributed by atoms with Crippen LogP contribution >= 0.6 is 0 Å². The number of rotatable bonds is 18. The third-order valence-electron chi connectivity index (χ3n) is 10.8. The second kappa shape index (κ2) is 21.5. The van der Waals surface area contributed by atoms with Crippen LogP contribution in [0.3, 0.4) is 0 Å². The highest BCUT2D eigenvalue weighted by molar-refractivity contribution is 5.53. The molecule has 0 heterocycles. The lowest BCUT2D eigenvalue weighted by Gasteiger charge is -2.30. The summed E-state index contributed by atoms with van der Waals surface area (Å²) >= 11 is 0. The van der Waals surface area contributed by atoms with Crippen molar-refractivity contribution < 1.29 is 81.7 Å². The van der Waals surface area contributed by atoms with Crippen LogP contribution in [0.5, 0.6) is 69.0 Å². The number of hydrogen-bond donors (Lipinski definition) is 16. The molecule has 0 unspecified atom stereocenters. The second-order valence-corrected chi connectivity index (χ2v) is 15.9. The standard InChI is InChI=1S/2C22H30O8/c2*1-11(23)3-4-15(5-13-7-17(25)21(29)18(26)8-13)16(12(2)24)6-14-9-19(27)22(30)20(28)10-14/h2*7-12,15-16,23-30H,3-6H2,1-2H3/t11-,12-,15+,16-;11-,12-,15-,16+/m11/s1. The molecule has 4 aromatic carbocycles. The Kier molecular flexibility index (Phi) is 17.5. The highest BCUT2D eigenvalue weighted by Gasteiger charge is 2.30.